The molecule has 18 heavy (non-hydrogen) atoms. The average molecular weight is 248 g/mol. The summed E-state index contributed by atoms with van der Waals surface area (Å²) < 4.78 is 9.55. The molecule has 0 aromatic heterocycles. The molecule has 1 atom stereocenters. The Kier molecular flexibility index (Phi) is 4.84. The molecular formula is C13H12O5. The van der Waals surface area contributed by atoms with Gasteiger partial charge in [0.05, 0.1) is 5.57 Å². The molecule has 1 aliphatic carbocycles. The van der Waals surface area contributed by atoms with E-state index in [1.165, 1.54) is 19.1 Å². The highest BCUT2D eigenvalue weighted by molar-refractivity contribution is 5.88. The lowest BCUT2D eigenvalue weighted by atomic mass is 10.1. The maximum Gasteiger partial charge on any atom is 0.345 e. The number of carbonyl (C=O) groups excluding carboxylic acids is 3. The van der Waals surface area contributed by atoms with E-state index in [1.54, 1.807) is 18.1 Å². The van der Waals surface area contributed by atoms with Gasteiger partial charge in [0.25, 0.3) is 0 Å². The van der Waals surface area contributed by atoms with E-state index in [1.807, 2.05) is 0 Å². The number of ether oxygens (including phenoxy) is 2. The summed E-state index contributed by atoms with van der Waals surface area (Å²) >= 11 is 0. The smallest absolute Gasteiger partial charge is 0.345 e. The minimum atomic E-state index is -0.788. The highest BCUT2D eigenvalue weighted by atomic mass is 16.6. The van der Waals surface area contributed by atoms with Crippen molar-refractivity contribution < 1.29 is 23.9 Å². The summed E-state index contributed by atoms with van der Waals surface area (Å²) in [6, 6.07) is 0. The van der Waals surface area contributed by atoms with Crippen molar-refractivity contribution >= 4 is 17.9 Å². The van der Waals surface area contributed by atoms with Gasteiger partial charge in [-0.2, -0.15) is 0 Å². The van der Waals surface area contributed by atoms with Crippen LogP contribution < -0.4 is 0 Å². The molecule has 1 unspecified atom stereocenters. The zero-order valence-corrected chi connectivity index (χ0v) is 9.84. The average Bonchev–Trinajstić information content (AvgIpc) is 2.36. The van der Waals surface area contributed by atoms with Crippen LogP contribution >= 0.6 is 0 Å². The third-order valence-corrected chi connectivity index (χ3v) is 2.03. The van der Waals surface area contributed by atoms with Crippen LogP contribution in [-0.2, 0) is 23.9 Å². The third-order valence-electron chi connectivity index (χ3n) is 2.03. The van der Waals surface area contributed by atoms with Gasteiger partial charge in [0.1, 0.15) is 5.94 Å². The molecule has 0 aliphatic heterocycles. The quantitative estimate of drug-likeness (QED) is 0.420. The summed E-state index contributed by atoms with van der Waals surface area (Å²) in [5.74, 6) is 0.255. The van der Waals surface area contributed by atoms with Crippen molar-refractivity contribution in [3.63, 3.8) is 0 Å². The molecule has 0 fully saturated rings. The summed E-state index contributed by atoms with van der Waals surface area (Å²) in [5, 5.41) is 0. The van der Waals surface area contributed by atoms with Crippen molar-refractivity contribution in [3.8, 4) is 0 Å². The van der Waals surface area contributed by atoms with Crippen molar-refractivity contribution in [2.75, 3.05) is 6.61 Å². The van der Waals surface area contributed by atoms with E-state index >= 15 is 0 Å². The van der Waals surface area contributed by atoms with E-state index < -0.39 is 24.6 Å². The first-order valence-electron chi connectivity index (χ1n) is 5.16. The van der Waals surface area contributed by atoms with E-state index in [0.717, 1.165) is 0 Å². The molecule has 94 valence electrons. The van der Waals surface area contributed by atoms with E-state index in [0.29, 0.717) is 0 Å². The zero-order chi connectivity index (χ0) is 13.5. The van der Waals surface area contributed by atoms with Gasteiger partial charge >= 0.3 is 11.9 Å². The minimum absolute atomic E-state index is 0.191. The van der Waals surface area contributed by atoms with Crippen LogP contribution in [-0.4, -0.2) is 30.6 Å². The lowest BCUT2D eigenvalue weighted by Crippen LogP contribution is -2.23. The molecule has 0 aromatic rings. The van der Waals surface area contributed by atoms with Crippen LogP contribution in [0.15, 0.2) is 42.0 Å². The van der Waals surface area contributed by atoms with Crippen molar-refractivity contribution in [2.24, 2.45) is 0 Å². The molecule has 0 saturated carbocycles. The van der Waals surface area contributed by atoms with Gasteiger partial charge in [-0.1, -0.05) is 18.7 Å². The SMILES string of the molecule is C=C(C)C(=O)OCC(=O)OC1C=CC=CC1=C=O. The fraction of sp³-hybridized carbons (Fsp3) is 0.231. The van der Waals surface area contributed by atoms with Gasteiger partial charge in [0.2, 0.25) is 0 Å². The van der Waals surface area contributed by atoms with Crippen molar-refractivity contribution in [3.05, 3.63) is 42.0 Å². The number of carbonyl (C=O) groups is 2. The fourth-order valence-electron chi connectivity index (χ4n) is 1.14. The second-order valence-corrected chi connectivity index (χ2v) is 3.57. The standard InChI is InChI=1S/C13H12O5/c1-9(2)13(16)17-8-12(15)18-11-6-4-3-5-10(11)7-14/h3-6,11H,1,8H2,2H3. The fourth-order valence-corrected chi connectivity index (χ4v) is 1.14. The van der Waals surface area contributed by atoms with E-state index in [9.17, 15) is 14.4 Å². The lowest BCUT2D eigenvalue weighted by molar-refractivity contribution is -0.157. The first-order chi connectivity index (χ1) is 8.54. The van der Waals surface area contributed by atoms with Gasteiger partial charge in [-0.05, 0) is 19.1 Å². The summed E-state index contributed by atoms with van der Waals surface area (Å²) in [6.45, 7) is 4.32. The summed E-state index contributed by atoms with van der Waals surface area (Å²) in [6.07, 6.45) is 5.50. The van der Waals surface area contributed by atoms with Gasteiger partial charge in [-0.3, -0.25) is 0 Å². The monoisotopic (exact) mass is 248 g/mol. The second-order valence-electron chi connectivity index (χ2n) is 3.57. The van der Waals surface area contributed by atoms with Gasteiger partial charge in [0.15, 0.2) is 12.7 Å². The maximum atomic E-state index is 11.4. The Bertz CT molecular complexity index is 478. The molecule has 5 nitrogen and oxygen atoms in total. The van der Waals surface area contributed by atoms with Gasteiger partial charge < -0.3 is 9.47 Å². The van der Waals surface area contributed by atoms with E-state index in [2.05, 4.69) is 11.3 Å². The Morgan fingerprint density at radius 1 is 1.44 bits per heavy atom. The normalized spacial score (nSPS) is 16.9. The summed E-state index contributed by atoms with van der Waals surface area (Å²) in [5.41, 5.74) is 0.397. The van der Waals surface area contributed by atoms with E-state index in [4.69, 9.17) is 4.74 Å². The number of esters is 2. The van der Waals surface area contributed by atoms with Crippen LogP contribution in [0.4, 0.5) is 0 Å². The van der Waals surface area contributed by atoms with Crippen LogP contribution in [0.1, 0.15) is 6.92 Å². The Labute approximate surface area is 104 Å². The van der Waals surface area contributed by atoms with Gasteiger partial charge in [-0.25, -0.2) is 14.4 Å². The highest BCUT2D eigenvalue weighted by Crippen LogP contribution is 2.12. The van der Waals surface area contributed by atoms with Gasteiger partial charge in [0, 0.05) is 5.57 Å². The van der Waals surface area contributed by atoms with Crippen molar-refractivity contribution in [1.82, 2.24) is 0 Å². The first-order valence-corrected chi connectivity index (χ1v) is 5.16. The molecule has 0 N–H and O–H groups in total. The predicted molar refractivity (Wildman–Crippen MR) is 63.1 cm³/mol. The number of hydrogen-bond donors (Lipinski definition) is 0. The molecule has 1 rings (SSSR count). The Morgan fingerprint density at radius 2 is 2.17 bits per heavy atom. The second kappa shape index (κ2) is 6.37. The maximum absolute atomic E-state index is 11.4. The van der Waals surface area contributed by atoms with Crippen LogP contribution in [0, 0.1) is 0 Å². The van der Waals surface area contributed by atoms with Gasteiger partial charge in [-0.15, -0.1) is 0 Å². The molecule has 0 heterocycles. The highest BCUT2D eigenvalue weighted by Gasteiger charge is 2.18. The van der Waals surface area contributed by atoms with Crippen molar-refractivity contribution in [1.29, 1.82) is 0 Å². The molecule has 0 bridgehead atoms. The number of allylic oxidation sites excluding steroid dienone is 2. The molecule has 0 amide bonds. The van der Waals surface area contributed by atoms with Crippen LogP contribution in [0.25, 0.3) is 0 Å². The van der Waals surface area contributed by atoms with Crippen LogP contribution in [0.5, 0.6) is 0 Å². The molecule has 0 saturated heterocycles. The number of rotatable bonds is 4. The van der Waals surface area contributed by atoms with E-state index in [-0.39, 0.29) is 11.1 Å². The first kappa shape index (κ1) is 13.7. The molecular weight excluding hydrogens is 236 g/mol. The molecule has 0 spiro atoms. The largest absolute Gasteiger partial charge is 0.450 e. The Hall–Kier alpha value is -2.39. The lowest BCUT2D eigenvalue weighted by Gasteiger charge is -2.15. The predicted octanol–water partition coefficient (Wildman–Crippen LogP) is 0.901. The van der Waals surface area contributed by atoms with Crippen molar-refractivity contribution in [2.45, 2.75) is 13.0 Å². The van der Waals surface area contributed by atoms with Crippen LogP contribution in [0.2, 0.25) is 0 Å². The topological polar surface area (TPSA) is 69.7 Å². The molecule has 5 heteroatoms. The Morgan fingerprint density at radius 3 is 2.78 bits per heavy atom. The zero-order valence-electron chi connectivity index (χ0n) is 9.84. The number of hydrogen-bond acceptors (Lipinski definition) is 5. The third kappa shape index (κ3) is 3.88. The molecule has 0 radical (unpaired) electrons. The summed E-state index contributed by atoms with van der Waals surface area (Å²) in [4.78, 5) is 33.0. The summed E-state index contributed by atoms with van der Waals surface area (Å²) in [7, 11) is 0. The molecule has 1 aliphatic rings. The Balaban J connectivity index is 2.48. The minimum Gasteiger partial charge on any atom is -0.450 e. The molecule has 0 aromatic carbocycles. The van der Waals surface area contributed by atoms with Crippen LogP contribution in [0.3, 0.4) is 0 Å².